The lowest BCUT2D eigenvalue weighted by molar-refractivity contribution is -0.113. The molecule has 0 bridgehead atoms. The zero-order chi connectivity index (χ0) is 22.5. The van der Waals surface area contributed by atoms with E-state index in [4.69, 9.17) is 4.42 Å². The molecule has 2 amide bonds. The molecule has 1 aliphatic rings. The highest BCUT2D eigenvalue weighted by Crippen LogP contribution is 2.21. The van der Waals surface area contributed by atoms with Gasteiger partial charge in [-0.05, 0) is 42.8 Å². The molecule has 0 spiro atoms. The van der Waals surface area contributed by atoms with Crippen LogP contribution in [0.2, 0.25) is 0 Å². The van der Waals surface area contributed by atoms with Gasteiger partial charge in [0.05, 0.1) is 5.75 Å². The highest BCUT2D eigenvalue weighted by Gasteiger charge is 2.23. The van der Waals surface area contributed by atoms with Crippen LogP contribution in [0.1, 0.15) is 21.8 Å². The van der Waals surface area contributed by atoms with Gasteiger partial charge in [0, 0.05) is 50.0 Å². The van der Waals surface area contributed by atoms with Crippen molar-refractivity contribution in [2.45, 2.75) is 19.1 Å². The first-order chi connectivity index (χ1) is 15.5. The number of aryl methyl sites for hydroxylation is 2. The quantitative estimate of drug-likeness (QED) is 0.575. The van der Waals surface area contributed by atoms with E-state index in [1.54, 1.807) is 6.92 Å². The van der Waals surface area contributed by atoms with Crippen LogP contribution in [0.25, 0.3) is 0 Å². The van der Waals surface area contributed by atoms with Gasteiger partial charge in [0.2, 0.25) is 11.8 Å². The van der Waals surface area contributed by atoms with E-state index in [1.807, 2.05) is 60.4 Å². The summed E-state index contributed by atoms with van der Waals surface area (Å²) >= 11 is 1.20. The van der Waals surface area contributed by atoms with Gasteiger partial charge in [0.1, 0.15) is 0 Å². The molecule has 1 saturated heterocycles. The van der Waals surface area contributed by atoms with Crippen LogP contribution in [0, 0.1) is 13.8 Å². The molecule has 0 aliphatic carbocycles. The molecule has 1 aromatic heterocycles. The standard InChI is InChI=1S/C23H25N5O3S/c1-16-5-3-4-6-20(16)22(30)28-13-11-27(12-14-28)19-9-7-18(8-10-19)24-21(29)15-32-23-26-25-17(2)31-23/h3-10H,11-15H2,1-2H3,(H,24,29). The molecule has 1 aliphatic heterocycles. The second-order valence-corrected chi connectivity index (χ2v) is 8.49. The fraction of sp³-hybridized carbons (Fsp3) is 0.304. The lowest BCUT2D eigenvalue weighted by atomic mass is 10.1. The second-order valence-electron chi connectivity index (χ2n) is 7.56. The fourth-order valence-corrected chi connectivity index (χ4v) is 4.17. The number of amides is 2. The summed E-state index contributed by atoms with van der Waals surface area (Å²) in [4.78, 5) is 29.1. The zero-order valence-electron chi connectivity index (χ0n) is 18.1. The van der Waals surface area contributed by atoms with Crippen molar-refractivity contribution in [2.24, 2.45) is 0 Å². The van der Waals surface area contributed by atoms with E-state index in [9.17, 15) is 9.59 Å². The smallest absolute Gasteiger partial charge is 0.277 e. The van der Waals surface area contributed by atoms with Gasteiger partial charge < -0.3 is 19.5 Å². The molecule has 2 aromatic carbocycles. The van der Waals surface area contributed by atoms with Crippen molar-refractivity contribution in [3.05, 3.63) is 65.5 Å². The van der Waals surface area contributed by atoms with Crippen molar-refractivity contribution in [1.82, 2.24) is 15.1 Å². The number of nitrogens with zero attached hydrogens (tertiary/aromatic N) is 4. The molecular formula is C23H25N5O3S. The number of anilines is 2. The van der Waals surface area contributed by atoms with Crippen LogP contribution in [0.4, 0.5) is 11.4 Å². The van der Waals surface area contributed by atoms with Gasteiger partial charge in [-0.3, -0.25) is 9.59 Å². The Bertz CT molecular complexity index is 1090. The van der Waals surface area contributed by atoms with Crippen LogP contribution in [0.15, 0.2) is 58.2 Å². The van der Waals surface area contributed by atoms with Crippen molar-refractivity contribution in [1.29, 1.82) is 0 Å². The van der Waals surface area contributed by atoms with E-state index in [0.29, 0.717) is 24.2 Å². The molecule has 0 unspecified atom stereocenters. The number of carbonyl (C=O) groups excluding carboxylic acids is 2. The van der Waals surface area contributed by atoms with E-state index in [1.165, 1.54) is 11.8 Å². The Kier molecular flexibility index (Phi) is 6.75. The number of benzene rings is 2. The van der Waals surface area contributed by atoms with E-state index in [2.05, 4.69) is 20.4 Å². The minimum atomic E-state index is -0.137. The Morgan fingerprint density at radius 2 is 1.72 bits per heavy atom. The maximum atomic E-state index is 12.8. The Morgan fingerprint density at radius 3 is 2.38 bits per heavy atom. The molecule has 9 heteroatoms. The molecule has 32 heavy (non-hydrogen) atoms. The number of piperazine rings is 1. The van der Waals surface area contributed by atoms with Crippen LogP contribution in [0.5, 0.6) is 0 Å². The first-order valence-corrected chi connectivity index (χ1v) is 11.4. The van der Waals surface area contributed by atoms with Crippen molar-refractivity contribution in [3.63, 3.8) is 0 Å². The number of aromatic nitrogens is 2. The van der Waals surface area contributed by atoms with Crippen molar-refractivity contribution >= 4 is 35.0 Å². The summed E-state index contributed by atoms with van der Waals surface area (Å²) in [7, 11) is 0. The maximum absolute atomic E-state index is 12.8. The van der Waals surface area contributed by atoms with Gasteiger partial charge in [-0.1, -0.05) is 30.0 Å². The molecule has 4 rings (SSSR count). The monoisotopic (exact) mass is 451 g/mol. The summed E-state index contributed by atoms with van der Waals surface area (Å²) in [5.41, 5.74) is 3.58. The highest BCUT2D eigenvalue weighted by molar-refractivity contribution is 7.99. The summed E-state index contributed by atoms with van der Waals surface area (Å²) in [5.74, 6) is 0.625. The number of rotatable bonds is 6. The van der Waals surface area contributed by atoms with Crippen LogP contribution in [0.3, 0.4) is 0 Å². The van der Waals surface area contributed by atoms with E-state index in [0.717, 1.165) is 35.6 Å². The molecule has 2 heterocycles. The Balaban J connectivity index is 1.27. The summed E-state index contributed by atoms with van der Waals surface area (Å²) in [5, 5.41) is 10.9. The van der Waals surface area contributed by atoms with E-state index in [-0.39, 0.29) is 17.6 Å². The van der Waals surface area contributed by atoms with Gasteiger partial charge >= 0.3 is 0 Å². The second kappa shape index (κ2) is 9.86. The van der Waals surface area contributed by atoms with Gasteiger partial charge in [0.15, 0.2) is 0 Å². The third kappa shape index (κ3) is 5.28. The first kappa shape index (κ1) is 21.9. The Hall–Kier alpha value is -3.33. The average molecular weight is 452 g/mol. The molecule has 8 nitrogen and oxygen atoms in total. The van der Waals surface area contributed by atoms with Crippen molar-refractivity contribution in [3.8, 4) is 0 Å². The highest BCUT2D eigenvalue weighted by atomic mass is 32.2. The molecule has 0 radical (unpaired) electrons. The van der Waals surface area contributed by atoms with E-state index < -0.39 is 0 Å². The molecule has 1 fully saturated rings. The number of nitrogens with one attached hydrogen (secondary N) is 1. The van der Waals surface area contributed by atoms with Crippen molar-refractivity contribution < 1.29 is 14.0 Å². The first-order valence-electron chi connectivity index (χ1n) is 10.4. The third-order valence-electron chi connectivity index (χ3n) is 5.29. The average Bonchev–Trinajstić information content (AvgIpc) is 3.23. The third-order valence-corrected chi connectivity index (χ3v) is 6.11. The predicted molar refractivity (Wildman–Crippen MR) is 124 cm³/mol. The Morgan fingerprint density at radius 1 is 1.00 bits per heavy atom. The van der Waals surface area contributed by atoms with Crippen LogP contribution < -0.4 is 10.2 Å². The molecule has 0 saturated carbocycles. The summed E-state index contributed by atoms with van der Waals surface area (Å²) in [6, 6.07) is 15.5. The largest absolute Gasteiger partial charge is 0.416 e. The number of carbonyl (C=O) groups is 2. The number of thioether (sulfide) groups is 1. The zero-order valence-corrected chi connectivity index (χ0v) is 18.9. The molecule has 166 valence electrons. The summed E-state index contributed by atoms with van der Waals surface area (Å²) in [6.07, 6.45) is 0. The summed E-state index contributed by atoms with van der Waals surface area (Å²) < 4.78 is 5.25. The van der Waals surface area contributed by atoms with Crippen molar-refractivity contribution in [2.75, 3.05) is 42.1 Å². The van der Waals surface area contributed by atoms with Gasteiger partial charge in [-0.25, -0.2) is 0 Å². The molecular weight excluding hydrogens is 426 g/mol. The Labute approximate surface area is 191 Å². The SMILES string of the molecule is Cc1nnc(SCC(=O)Nc2ccc(N3CCN(C(=O)c4ccccc4C)CC3)cc2)o1. The lowest BCUT2D eigenvalue weighted by Crippen LogP contribution is -2.48. The van der Waals surface area contributed by atoms with E-state index >= 15 is 0 Å². The van der Waals surface area contributed by atoms with Crippen LogP contribution >= 0.6 is 11.8 Å². The number of hydrogen-bond acceptors (Lipinski definition) is 7. The van der Waals surface area contributed by atoms with Crippen LogP contribution in [-0.4, -0.2) is 58.8 Å². The minimum absolute atomic E-state index is 0.0920. The molecule has 3 aromatic rings. The fourth-order valence-electron chi connectivity index (χ4n) is 3.57. The summed E-state index contributed by atoms with van der Waals surface area (Å²) in [6.45, 7) is 6.57. The van der Waals surface area contributed by atoms with Gasteiger partial charge in [-0.15, -0.1) is 10.2 Å². The normalized spacial score (nSPS) is 13.8. The topological polar surface area (TPSA) is 91.6 Å². The maximum Gasteiger partial charge on any atom is 0.277 e. The lowest BCUT2D eigenvalue weighted by Gasteiger charge is -2.36. The van der Waals surface area contributed by atoms with Crippen LogP contribution in [-0.2, 0) is 4.79 Å². The molecule has 1 N–H and O–H groups in total. The predicted octanol–water partition coefficient (Wildman–Crippen LogP) is 3.38. The van der Waals surface area contributed by atoms with Gasteiger partial charge in [-0.2, -0.15) is 0 Å². The number of hydrogen-bond donors (Lipinski definition) is 1. The molecule has 0 atom stereocenters. The van der Waals surface area contributed by atoms with Gasteiger partial charge in [0.25, 0.3) is 11.1 Å². The minimum Gasteiger partial charge on any atom is -0.416 e.